The molecule has 0 aromatic heterocycles. The Balaban J connectivity index is 1.89. The van der Waals surface area contributed by atoms with Gasteiger partial charge in [0, 0.05) is 5.57 Å². The van der Waals surface area contributed by atoms with E-state index in [1.54, 1.807) is 60.6 Å². The third kappa shape index (κ3) is 14.6. The SMILES string of the molecule is C=C(C)C(=O)OCCCCCCCCOc1ccc(N=Nc2cc(C(=O)OC(C)(C)C)cc(C(=O)OC(C)(C)C)c2)cc1. The predicted molar refractivity (Wildman–Crippen MR) is 166 cm³/mol. The quantitative estimate of drug-likeness (QED) is 0.0665. The third-order valence-corrected chi connectivity index (χ3v) is 5.69. The largest absolute Gasteiger partial charge is 0.494 e. The van der Waals surface area contributed by atoms with Gasteiger partial charge in [0.25, 0.3) is 0 Å². The second-order valence-corrected chi connectivity index (χ2v) is 12.4. The van der Waals surface area contributed by atoms with Crippen LogP contribution in [0.2, 0.25) is 0 Å². The minimum Gasteiger partial charge on any atom is -0.494 e. The molecular weight excluding hydrogens is 548 g/mol. The molecule has 0 spiro atoms. The van der Waals surface area contributed by atoms with Crippen LogP contribution in [-0.2, 0) is 19.0 Å². The number of rotatable bonds is 15. The maximum atomic E-state index is 12.7. The molecule has 234 valence electrons. The fourth-order valence-corrected chi connectivity index (χ4v) is 3.69. The number of azo groups is 1. The summed E-state index contributed by atoms with van der Waals surface area (Å²) in [4.78, 5) is 36.8. The number of hydrogen-bond donors (Lipinski definition) is 0. The second-order valence-electron chi connectivity index (χ2n) is 12.4. The molecule has 2 rings (SSSR count). The van der Waals surface area contributed by atoms with Crippen LogP contribution in [0.5, 0.6) is 5.75 Å². The predicted octanol–water partition coefficient (Wildman–Crippen LogP) is 8.85. The monoisotopic (exact) mass is 594 g/mol. The smallest absolute Gasteiger partial charge is 0.338 e. The van der Waals surface area contributed by atoms with E-state index in [0.29, 0.717) is 30.2 Å². The minimum atomic E-state index is -0.700. The van der Waals surface area contributed by atoms with Crippen molar-refractivity contribution >= 4 is 29.3 Å². The van der Waals surface area contributed by atoms with Crippen LogP contribution in [0.1, 0.15) is 108 Å². The minimum absolute atomic E-state index is 0.181. The van der Waals surface area contributed by atoms with Gasteiger partial charge in [-0.3, -0.25) is 0 Å². The van der Waals surface area contributed by atoms with Crippen molar-refractivity contribution in [3.63, 3.8) is 0 Å². The lowest BCUT2D eigenvalue weighted by atomic mass is 10.1. The van der Waals surface area contributed by atoms with Gasteiger partial charge in [0.2, 0.25) is 0 Å². The maximum Gasteiger partial charge on any atom is 0.338 e. The standard InChI is InChI=1S/C34H46N2O7/c1-24(2)30(37)41-20-14-12-10-9-11-13-19-40-29-17-15-27(16-18-29)35-36-28-22-25(31(38)42-33(3,4)5)21-26(23-28)32(39)43-34(6,7)8/h15-18,21-23H,1,9-14,19-20H2,2-8H3. The second kappa shape index (κ2) is 16.6. The van der Waals surface area contributed by atoms with Gasteiger partial charge in [0.15, 0.2) is 0 Å². The summed E-state index contributed by atoms with van der Waals surface area (Å²) in [5.41, 5.74) is 0.292. The van der Waals surface area contributed by atoms with Crippen LogP contribution in [0, 0.1) is 0 Å². The van der Waals surface area contributed by atoms with E-state index in [1.807, 2.05) is 12.1 Å². The van der Waals surface area contributed by atoms with Crippen LogP contribution in [0.15, 0.2) is 64.8 Å². The highest BCUT2D eigenvalue weighted by Crippen LogP contribution is 2.26. The average Bonchev–Trinajstić information content (AvgIpc) is 2.91. The summed E-state index contributed by atoms with van der Waals surface area (Å²) in [6, 6.07) is 11.7. The molecule has 0 bridgehead atoms. The van der Waals surface area contributed by atoms with Crippen molar-refractivity contribution in [1.82, 2.24) is 0 Å². The van der Waals surface area contributed by atoms with Gasteiger partial charge in [0.05, 0.1) is 35.7 Å². The Bertz CT molecular complexity index is 1220. The zero-order valence-electron chi connectivity index (χ0n) is 26.7. The third-order valence-electron chi connectivity index (χ3n) is 5.69. The van der Waals surface area contributed by atoms with Gasteiger partial charge < -0.3 is 18.9 Å². The molecule has 0 saturated carbocycles. The zero-order chi connectivity index (χ0) is 32.0. The van der Waals surface area contributed by atoms with E-state index in [-0.39, 0.29) is 17.1 Å². The van der Waals surface area contributed by atoms with Crippen molar-refractivity contribution in [3.8, 4) is 5.75 Å². The first-order chi connectivity index (χ1) is 20.1. The first kappa shape index (κ1) is 35.2. The first-order valence-corrected chi connectivity index (χ1v) is 14.7. The summed E-state index contributed by atoms with van der Waals surface area (Å²) in [6.45, 7) is 16.9. The summed E-state index contributed by atoms with van der Waals surface area (Å²) in [5.74, 6) is -0.737. The fourth-order valence-electron chi connectivity index (χ4n) is 3.69. The van der Waals surface area contributed by atoms with Crippen LogP contribution >= 0.6 is 0 Å². The van der Waals surface area contributed by atoms with Gasteiger partial charge in [-0.15, -0.1) is 0 Å². The Kier molecular flexibility index (Phi) is 13.6. The van der Waals surface area contributed by atoms with Crippen molar-refractivity contribution < 1.29 is 33.3 Å². The van der Waals surface area contributed by atoms with E-state index >= 15 is 0 Å². The van der Waals surface area contributed by atoms with E-state index in [4.69, 9.17) is 18.9 Å². The lowest BCUT2D eigenvalue weighted by Crippen LogP contribution is -2.25. The van der Waals surface area contributed by atoms with Crippen LogP contribution in [0.3, 0.4) is 0 Å². The molecule has 43 heavy (non-hydrogen) atoms. The summed E-state index contributed by atoms with van der Waals surface area (Å²) in [7, 11) is 0. The lowest BCUT2D eigenvalue weighted by molar-refractivity contribution is -0.139. The van der Waals surface area contributed by atoms with E-state index in [2.05, 4.69) is 16.8 Å². The molecule has 0 heterocycles. The molecule has 2 aromatic carbocycles. The number of unbranched alkanes of at least 4 members (excludes halogenated alkanes) is 5. The molecular formula is C34H46N2O7. The van der Waals surface area contributed by atoms with Gasteiger partial charge in [-0.25, -0.2) is 14.4 Å². The number of hydrogen-bond acceptors (Lipinski definition) is 9. The number of carbonyl (C=O) groups is 3. The molecule has 0 amide bonds. The van der Waals surface area contributed by atoms with Crippen LogP contribution in [0.4, 0.5) is 11.4 Å². The number of esters is 3. The summed E-state index contributed by atoms with van der Waals surface area (Å²) in [5, 5.41) is 8.53. The van der Waals surface area contributed by atoms with Crippen LogP contribution in [-0.4, -0.2) is 42.3 Å². The highest BCUT2D eigenvalue weighted by Gasteiger charge is 2.23. The normalized spacial score (nSPS) is 11.7. The molecule has 0 radical (unpaired) electrons. The van der Waals surface area contributed by atoms with E-state index in [1.165, 1.54) is 18.2 Å². The highest BCUT2D eigenvalue weighted by molar-refractivity contribution is 5.97. The van der Waals surface area contributed by atoms with Gasteiger partial charge in [0.1, 0.15) is 17.0 Å². The molecule has 0 fully saturated rings. The van der Waals surface area contributed by atoms with E-state index < -0.39 is 23.1 Å². The van der Waals surface area contributed by atoms with Crippen molar-refractivity contribution in [3.05, 3.63) is 65.7 Å². The molecule has 0 saturated heterocycles. The van der Waals surface area contributed by atoms with Crippen molar-refractivity contribution in [2.75, 3.05) is 13.2 Å². The molecule has 0 aliphatic heterocycles. The molecule has 0 aliphatic rings. The van der Waals surface area contributed by atoms with Crippen molar-refractivity contribution in [2.45, 2.75) is 98.2 Å². The van der Waals surface area contributed by atoms with Gasteiger partial charge in [-0.1, -0.05) is 32.3 Å². The Morgan fingerprint density at radius 2 is 1.14 bits per heavy atom. The molecule has 0 aliphatic carbocycles. The van der Waals surface area contributed by atoms with Gasteiger partial charge in [-0.05, 0) is 104 Å². The Hall–Kier alpha value is -4.01. The molecule has 0 unspecified atom stereocenters. The Morgan fingerprint density at radius 3 is 1.63 bits per heavy atom. The Labute approximate surface area is 255 Å². The van der Waals surface area contributed by atoms with Crippen LogP contribution in [0.25, 0.3) is 0 Å². The summed E-state index contributed by atoms with van der Waals surface area (Å²) < 4.78 is 21.9. The molecule has 9 heteroatoms. The lowest BCUT2D eigenvalue weighted by Gasteiger charge is -2.21. The number of nitrogens with zero attached hydrogens (tertiary/aromatic N) is 2. The maximum absolute atomic E-state index is 12.7. The molecule has 2 aromatic rings. The Morgan fingerprint density at radius 1 is 0.674 bits per heavy atom. The first-order valence-electron chi connectivity index (χ1n) is 14.7. The van der Waals surface area contributed by atoms with Crippen molar-refractivity contribution in [1.29, 1.82) is 0 Å². The fraction of sp³-hybridized carbons (Fsp3) is 0.500. The average molecular weight is 595 g/mol. The number of carbonyl (C=O) groups excluding carboxylic acids is 3. The van der Waals surface area contributed by atoms with E-state index in [0.717, 1.165) is 44.3 Å². The molecule has 0 atom stereocenters. The van der Waals surface area contributed by atoms with Crippen molar-refractivity contribution in [2.24, 2.45) is 10.2 Å². The van der Waals surface area contributed by atoms with Crippen LogP contribution < -0.4 is 4.74 Å². The van der Waals surface area contributed by atoms with E-state index in [9.17, 15) is 14.4 Å². The van der Waals surface area contributed by atoms with Gasteiger partial charge >= 0.3 is 17.9 Å². The molecule has 0 N–H and O–H groups in total. The summed E-state index contributed by atoms with van der Waals surface area (Å²) >= 11 is 0. The number of benzene rings is 2. The summed E-state index contributed by atoms with van der Waals surface area (Å²) in [6.07, 6.45) is 6.07. The topological polar surface area (TPSA) is 113 Å². The highest BCUT2D eigenvalue weighted by atomic mass is 16.6. The van der Waals surface area contributed by atoms with Gasteiger partial charge in [-0.2, -0.15) is 10.2 Å². The molecule has 9 nitrogen and oxygen atoms in total. The zero-order valence-corrected chi connectivity index (χ0v) is 26.7. The number of ether oxygens (including phenoxy) is 4.